The lowest BCUT2D eigenvalue weighted by Gasteiger charge is -2.40. The summed E-state index contributed by atoms with van der Waals surface area (Å²) in [4.78, 5) is 19.1. The maximum Gasteiger partial charge on any atom is 0.514 e. The molecule has 1 saturated carbocycles. The summed E-state index contributed by atoms with van der Waals surface area (Å²) in [5, 5.41) is 4.11. The fraction of sp³-hybridized carbons (Fsp3) is 0.727. The summed E-state index contributed by atoms with van der Waals surface area (Å²) in [7, 11) is -0.595. The highest BCUT2D eigenvalue weighted by Gasteiger charge is 2.53. The first-order chi connectivity index (χ1) is 14.2. The molecule has 1 spiro atoms. The van der Waals surface area contributed by atoms with Gasteiger partial charge in [0.05, 0.1) is 22.8 Å². The van der Waals surface area contributed by atoms with Gasteiger partial charge < -0.3 is 24.3 Å². The molecule has 1 N–H and O–H groups in total. The molecular formula is C22H33BClN3O4. The van der Waals surface area contributed by atoms with Crippen LogP contribution >= 0.6 is 11.6 Å². The molecular weight excluding hydrogens is 417 g/mol. The first-order valence-corrected chi connectivity index (χ1v) is 11.4. The van der Waals surface area contributed by atoms with Crippen LogP contribution in [0, 0.1) is 0 Å². The van der Waals surface area contributed by atoms with Gasteiger partial charge in [-0.1, -0.05) is 11.6 Å². The summed E-state index contributed by atoms with van der Waals surface area (Å²) in [6.45, 7) is 14.9. The van der Waals surface area contributed by atoms with Crippen molar-refractivity contribution in [3.05, 3.63) is 22.8 Å². The quantitative estimate of drug-likeness (QED) is 0.551. The second kappa shape index (κ2) is 7.34. The van der Waals surface area contributed by atoms with E-state index in [9.17, 15) is 4.79 Å². The zero-order valence-corrected chi connectivity index (χ0v) is 20.3. The van der Waals surface area contributed by atoms with E-state index in [1.54, 1.807) is 0 Å². The Morgan fingerprint density at radius 2 is 1.84 bits per heavy atom. The first kappa shape index (κ1) is 22.8. The average Bonchev–Trinajstić information content (AvgIpc) is 3.31. The van der Waals surface area contributed by atoms with Crippen molar-refractivity contribution in [3.63, 3.8) is 0 Å². The molecule has 2 saturated heterocycles. The predicted octanol–water partition coefficient (Wildman–Crippen LogP) is 3.45. The molecule has 3 aliphatic rings. The van der Waals surface area contributed by atoms with E-state index in [0.717, 1.165) is 18.4 Å². The van der Waals surface area contributed by atoms with Crippen molar-refractivity contribution in [3.8, 4) is 0 Å². The number of nitrogens with zero attached hydrogens (tertiary/aromatic N) is 2. The van der Waals surface area contributed by atoms with Crippen LogP contribution in [0.3, 0.4) is 0 Å². The van der Waals surface area contributed by atoms with E-state index in [0.29, 0.717) is 23.8 Å². The highest BCUT2D eigenvalue weighted by atomic mass is 35.5. The van der Waals surface area contributed by atoms with Gasteiger partial charge in [-0.25, -0.2) is 9.78 Å². The molecule has 1 atom stereocenters. The van der Waals surface area contributed by atoms with E-state index in [-0.39, 0.29) is 17.7 Å². The maximum absolute atomic E-state index is 12.8. The van der Waals surface area contributed by atoms with Crippen LogP contribution in [0.1, 0.15) is 72.9 Å². The van der Waals surface area contributed by atoms with Gasteiger partial charge in [-0.05, 0) is 79.0 Å². The van der Waals surface area contributed by atoms with Gasteiger partial charge in [0.25, 0.3) is 0 Å². The van der Waals surface area contributed by atoms with Gasteiger partial charge in [-0.3, -0.25) is 0 Å². The lowest BCUT2D eigenvalue weighted by Crippen LogP contribution is -2.56. The summed E-state index contributed by atoms with van der Waals surface area (Å²) in [6, 6.07) is 3.74. The number of nitrogens with one attached hydrogen (secondary N) is 1. The molecule has 9 heteroatoms. The van der Waals surface area contributed by atoms with Crippen LogP contribution in [0.4, 0.5) is 4.79 Å². The Morgan fingerprint density at radius 3 is 2.39 bits per heavy atom. The molecule has 1 aromatic heterocycles. The van der Waals surface area contributed by atoms with E-state index in [4.69, 9.17) is 25.6 Å². The Hall–Kier alpha value is -1.35. The second-order valence-electron chi connectivity index (χ2n) is 11.1. The van der Waals surface area contributed by atoms with E-state index in [1.807, 2.05) is 65.5 Å². The monoisotopic (exact) mass is 449 g/mol. The third kappa shape index (κ3) is 4.72. The van der Waals surface area contributed by atoms with Crippen molar-refractivity contribution in [2.45, 2.75) is 89.7 Å². The minimum atomic E-state index is -0.595. The highest BCUT2D eigenvalue weighted by Crippen LogP contribution is 2.42. The van der Waals surface area contributed by atoms with Crippen molar-refractivity contribution < 1.29 is 18.8 Å². The molecule has 0 bridgehead atoms. The largest absolute Gasteiger partial charge is 0.514 e. The summed E-state index contributed by atoms with van der Waals surface area (Å²) in [6.07, 6.45) is 1.79. The van der Waals surface area contributed by atoms with Crippen LogP contribution in [0.5, 0.6) is 0 Å². The molecule has 3 fully saturated rings. The van der Waals surface area contributed by atoms with Gasteiger partial charge in [0.1, 0.15) is 10.8 Å². The van der Waals surface area contributed by atoms with E-state index in [1.165, 1.54) is 0 Å². The molecule has 1 unspecified atom stereocenters. The molecule has 170 valence electrons. The molecule has 0 radical (unpaired) electrons. The Morgan fingerprint density at radius 1 is 1.23 bits per heavy atom. The Kier molecular flexibility index (Phi) is 5.40. The third-order valence-electron chi connectivity index (χ3n) is 6.62. The lowest BCUT2D eigenvalue weighted by atomic mass is 9.82. The van der Waals surface area contributed by atoms with E-state index >= 15 is 0 Å². The van der Waals surface area contributed by atoms with Crippen LogP contribution in [0.25, 0.3) is 0 Å². The van der Waals surface area contributed by atoms with Gasteiger partial charge in [0.15, 0.2) is 0 Å². The zero-order chi connectivity index (χ0) is 22.8. The Bertz CT molecular complexity index is 866. The van der Waals surface area contributed by atoms with Gasteiger partial charge in [-0.15, -0.1) is 0 Å². The summed E-state index contributed by atoms with van der Waals surface area (Å²) in [5.74, 6) is 0. The second-order valence-corrected chi connectivity index (χ2v) is 11.5. The minimum Gasteiger partial charge on any atom is -0.444 e. The molecule has 7 nitrogen and oxygen atoms in total. The number of carbonyl (C=O) groups excluding carboxylic acids is 1. The number of halogens is 1. The van der Waals surface area contributed by atoms with Gasteiger partial charge in [-0.2, -0.15) is 0 Å². The third-order valence-corrected chi connectivity index (χ3v) is 6.81. The molecule has 1 aliphatic carbocycles. The van der Waals surface area contributed by atoms with E-state index in [2.05, 4.69) is 10.3 Å². The number of piperazine rings is 1. The van der Waals surface area contributed by atoms with Crippen LogP contribution in [-0.2, 0) is 14.0 Å². The maximum atomic E-state index is 12.8. The number of carbonyl (C=O) groups is 1. The number of hydrogen-bond acceptors (Lipinski definition) is 6. The SMILES string of the molecule is CC(C)(C)OC(=O)N1CC(c2cc(Cl)nc(B3OC(C)(C)C(C)(C)O3)c2)NC2(CC2)C1. The molecule has 3 heterocycles. The number of hydrogen-bond donors (Lipinski definition) is 1. The smallest absolute Gasteiger partial charge is 0.444 e. The van der Waals surface area contributed by atoms with Crippen molar-refractivity contribution in [2.24, 2.45) is 0 Å². The minimum absolute atomic E-state index is 0.0555. The van der Waals surface area contributed by atoms with Crippen molar-refractivity contribution in [1.82, 2.24) is 15.2 Å². The van der Waals surface area contributed by atoms with E-state index < -0.39 is 23.9 Å². The van der Waals surface area contributed by atoms with Crippen LogP contribution in [0.15, 0.2) is 12.1 Å². The highest BCUT2D eigenvalue weighted by molar-refractivity contribution is 6.61. The molecule has 1 aromatic rings. The first-order valence-electron chi connectivity index (χ1n) is 11.0. The average molecular weight is 450 g/mol. The van der Waals surface area contributed by atoms with Gasteiger partial charge in [0.2, 0.25) is 0 Å². The van der Waals surface area contributed by atoms with Gasteiger partial charge in [0, 0.05) is 18.6 Å². The normalized spacial score (nSPS) is 26.3. The number of ether oxygens (including phenoxy) is 1. The Balaban J connectivity index is 1.58. The fourth-order valence-electron chi connectivity index (χ4n) is 4.04. The standard InChI is InChI=1S/C22H33BClN3O4/c1-19(2,3)29-18(28)27-12-15(26-22(13-27)8-9-22)14-10-16(25-17(24)11-14)23-30-20(4,5)21(6,7)31-23/h10-11,15,26H,8-9,12-13H2,1-7H3. The zero-order valence-electron chi connectivity index (χ0n) is 19.5. The van der Waals surface area contributed by atoms with Crippen LogP contribution in [-0.4, -0.2) is 58.5 Å². The summed E-state index contributed by atoms with van der Waals surface area (Å²) in [5.41, 5.74) is 0.0944. The molecule has 1 amide bonds. The van der Waals surface area contributed by atoms with Crippen molar-refractivity contribution >= 4 is 30.4 Å². The lowest BCUT2D eigenvalue weighted by molar-refractivity contribution is 0.00578. The molecule has 31 heavy (non-hydrogen) atoms. The Labute approximate surface area is 190 Å². The number of rotatable bonds is 2. The van der Waals surface area contributed by atoms with Gasteiger partial charge >= 0.3 is 13.2 Å². The molecule has 2 aliphatic heterocycles. The number of pyridine rings is 1. The number of amides is 1. The number of aromatic nitrogens is 1. The predicted molar refractivity (Wildman–Crippen MR) is 121 cm³/mol. The fourth-order valence-corrected chi connectivity index (χ4v) is 4.27. The van der Waals surface area contributed by atoms with Crippen molar-refractivity contribution in [2.75, 3.05) is 13.1 Å². The topological polar surface area (TPSA) is 72.9 Å². The van der Waals surface area contributed by atoms with Crippen LogP contribution in [0.2, 0.25) is 5.15 Å². The van der Waals surface area contributed by atoms with Crippen molar-refractivity contribution in [1.29, 1.82) is 0 Å². The molecule has 4 rings (SSSR count). The van der Waals surface area contributed by atoms with Crippen LogP contribution < -0.4 is 10.9 Å². The molecule has 0 aromatic carbocycles. The summed E-state index contributed by atoms with van der Waals surface area (Å²) < 4.78 is 18.0. The summed E-state index contributed by atoms with van der Waals surface area (Å²) >= 11 is 6.41.